The van der Waals surface area contributed by atoms with Crippen molar-refractivity contribution in [3.8, 4) is 0 Å². The van der Waals surface area contributed by atoms with Gasteiger partial charge in [0.25, 0.3) is 0 Å². The molecule has 1 N–H and O–H groups in total. The summed E-state index contributed by atoms with van der Waals surface area (Å²) in [6.45, 7) is 9.86. The third-order valence-corrected chi connectivity index (χ3v) is 7.87. The molecule has 0 aromatic heterocycles. The summed E-state index contributed by atoms with van der Waals surface area (Å²) in [6, 6.07) is 22.0. The van der Waals surface area contributed by atoms with Crippen LogP contribution in [0.5, 0.6) is 0 Å². The molecular formula is C32H41N3O4S. The van der Waals surface area contributed by atoms with Gasteiger partial charge in [0.15, 0.2) is 0 Å². The van der Waals surface area contributed by atoms with Crippen molar-refractivity contribution >= 4 is 27.5 Å². The lowest BCUT2D eigenvalue weighted by molar-refractivity contribution is -0.140. The maximum absolute atomic E-state index is 14.2. The zero-order chi connectivity index (χ0) is 29.4. The summed E-state index contributed by atoms with van der Waals surface area (Å²) in [5.74, 6) is -0.487. The second-order valence-corrected chi connectivity index (χ2v) is 12.8. The van der Waals surface area contributed by atoms with E-state index in [4.69, 9.17) is 0 Å². The van der Waals surface area contributed by atoms with E-state index >= 15 is 0 Å². The second-order valence-electron chi connectivity index (χ2n) is 10.9. The number of para-hydroxylation sites is 1. The smallest absolute Gasteiger partial charge is 0.244 e. The SMILES string of the molecule is Cc1cccc(CN(C(=O)CN(c2c(C)cccc2C)S(C)(=O)=O)[C@H](Cc2ccccc2)C(=O)NCC(C)C)c1. The minimum absolute atomic E-state index is 0.164. The van der Waals surface area contributed by atoms with Gasteiger partial charge in [0.2, 0.25) is 21.8 Å². The molecule has 0 radical (unpaired) electrons. The van der Waals surface area contributed by atoms with Crippen LogP contribution in [-0.2, 0) is 32.6 Å². The van der Waals surface area contributed by atoms with Gasteiger partial charge in [0, 0.05) is 19.5 Å². The summed E-state index contributed by atoms with van der Waals surface area (Å²) < 4.78 is 27.3. The van der Waals surface area contributed by atoms with Crippen molar-refractivity contribution in [2.24, 2.45) is 5.92 Å². The summed E-state index contributed by atoms with van der Waals surface area (Å²) in [7, 11) is -3.81. The largest absolute Gasteiger partial charge is 0.354 e. The third kappa shape index (κ3) is 8.42. The fourth-order valence-electron chi connectivity index (χ4n) is 4.76. The number of nitrogens with zero attached hydrogens (tertiary/aromatic N) is 2. The van der Waals surface area contributed by atoms with Crippen LogP contribution in [0.15, 0.2) is 72.8 Å². The number of carbonyl (C=O) groups excluding carboxylic acids is 2. The Hall–Kier alpha value is -3.65. The van der Waals surface area contributed by atoms with E-state index in [1.54, 1.807) is 0 Å². The number of nitrogens with one attached hydrogen (secondary N) is 1. The van der Waals surface area contributed by atoms with Gasteiger partial charge in [-0.15, -0.1) is 0 Å². The molecule has 3 aromatic rings. The number of aryl methyl sites for hydroxylation is 3. The first-order valence-corrected chi connectivity index (χ1v) is 15.4. The van der Waals surface area contributed by atoms with Crippen LogP contribution in [0.4, 0.5) is 5.69 Å². The van der Waals surface area contributed by atoms with Crippen molar-refractivity contribution in [1.29, 1.82) is 0 Å². The molecule has 2 amide bonds. The highest BCUT2D eigenvalue weighted by atomic mass is 32.2. The van der Waals surface area contributed by atoms with Crippen LogP contribution in [-0.4, -0.2) is 50.5 Å². The molecule has 8 heteroatoms. The number of rotatable bonds is 12. The summed E-state index contributed by atoms with van der Waals surface area (Å²) in [5.41, 5.74) is 4.78. The van der Waals surface area contributed by atoms with E-state index in [0.29, 0.717) is 18.7 Å². The molecule has 40 heavy (non-hydrogen) atoms. The van der Waals surface area contributed by atoms with Gasteiger partial charge in [-0.3, -0.25) is 13.9 Å². The number of hydrogen-bond acceptors (Lipinski definition) is 4. The van der Waals surface area contributed by atoms with Crippen LogP contribution in [0.25, 0.3) is 0 Å². The Labute approximate surface area is 239 Å². The molecule has 0 aliphatic heterocycles. The maximum atomic E-state index is 14.2. The fraction of sp³-hybridized carbons (Fsp3) is 0.375. The average molecular weight is 564 g/mol. The van der Waals surface area contributed by atoms with Crippen LogP contribution < -0.4 is 9.62 Å². The first-order valence-electron chi connectivity index (χ1n) is 13.6. The van der Waals surface area contributed by atoms with E-state index in [1.807, 2.05) is 107 Å². The molecule has 3 aromatic carbocycles. The summed E-state index contributed by atoms with van der Waals surface area (Å²) in [5, 5.41) is 3.00. The number of benzene rings is 3. The fourth-order valence-corrected chi connectivity index (χ4v) is 5.72. The lowest BCUT2D eigenvalue weighted by atomic mass is 10.0. The van der Waals surface area contributed by atoms with E-state index in [2.05, 4.69) is 5.32 Å². The van der Waals surface area contributed by atoms with Gasteiger partial charge < -0.3 is 10.2 Å². The zero-order valence-electron chi connectivity index (χ0n) is 24.3. The quantitative estimate of drug-likeness (QED) is 0.343. The first-order chi connectivity index (χ1) is 18.9. The Kier molecular flexibility index (Phi) is 10.5. The van der Waals surface area contributed by atoms with Gasteiger partial charge >= 0.3 is 0 Å². The molecular weight excluding hydrogens is 522 g/mol. The van der Waals surface area contributed by atoms with Crippen molar-refractivity contribution in [3.63, 3.8) is 0 Å². The molecule has 7 nitrogen and oxygen atoms in total. The highest BCUT2D eigenvalue weighted by Crippen LogP contribution is 2.27. The summed E-state index contributed by atoms with van der Waals surface area (Å²) in [4.78, 5) is 29.4. The van der Waals surface area contributed by atoms with Crippen molar-refractivity contribution in [2.45, 2.75) is 53.6 Å². The number of carbonyl (C=O) groups is 2. The van der Waals surface area contributed by atoms with Crippen molar-refractivity contribution in [2.75, 3.05) is 23.7 Å². The van der Waals surface area contributed by atoms with Crippen LogP contribution in [0.1, 0.15) is 41.7 Å². The lowest BCUT2D eigenvalue weighted by Gasteiger charge is -2.34. The maximum Gasteiger partial charge on any atom is 0.244 e. The molecule has 0 bridgehead atoms. The molecule has 0 heterocycles. The third-order valence-electron chi connectivity index (χ3n) is 6.76. The van der Waals surface area contributed by atoms with Gasteiger partial charge in [-0.2, -0.15) is 0 Å². The minimum Gasteiger partial charge on any atom is -0.354 e. The first kappa shape index (κ1) is 30.9. The van der Waals surface area contributed by atoms with Gasteiger partial charge in [-0.05, 0) is 48.9 Å². The van der Waals surface area contributed by atoms with E-state index in [0.717, 1.165) is 38.4 Å². The normalized spacial score (nSPS) is 12.2. The Morgan fingerprint density at radius 3 is 2.02 bits per heavy atom. The Balaban J connectivity index is 2.08. The number of amides is 2. The van der Waals surface area contributed by atoms with E-state index in [9.17, 15) is 18.0 Å². The lowest BCUT2D eigenvalue weighted by Crippen LogP contribution is -2.53. The Morgan fingerprint density at radius 1 is 0.850 bits per heavy atom. The summed E-state index contributed by atoms with van der Waals surface area (Å²) >= 11 is 0. The molecule has 3 rings (SSSR count). The molecule has 0 aliphatic rings. The Morgan fingerprint density at radius 2 is 1.45 bits per heavy atom. The van der Waals surface area contributed by atoms with E-state index in [-0.39, 0.29) is 18.4 Å². The standard InChI is InChI=1S/C32H41N3O4S/c1-23(2)20-33-32(37)29(19-27-15-8-7-9-16-27)34(21-28-17-10-12-24(3)18-28)30(36)22-35(40(6,38)39)31-25(4)13-11-14-26(31)5/h7-18,23,29H,19-22H2,1-6H3,(H,33,37)/t29-/m1/s1. The van der Waals surface area contributed by atoms with Gasteiger partial charge in [-0.25, -0.2) is 8.42 Å². The predicted molar refractivity (Wildman–Crippen MR) is 162 cm³/mol. The topological polar surface area (TPSA) is 86.8 Å². The highest BCUT2D eigenvalue weighted by Gasteiger charge is 2.33. The Bertz CT molecular complexity index is 1400. The van der Waals surface area contributed by atoms with Crippen LogP contribution in [0, 0.1) is 26.7 Å². The van der Waals surface area contributed by atoms with Crippen molar-refractivity contribution in [1.82, 2.24) is 10.2 Å². The molecule has 0 aliphatic carbocycles. The molecule has 214 valence electrons. The molecule has 0 fully saturated rings. The van der Waals surface area contributed by atoms with Crippen LogP contribution in [0.3, 0.4) is 0 Å². The minimum atomic E-state index is -3.81. The monoisotopic (exact) mass is 563 g/mol. The number of anilines is 1. The van der Waals surface area contributed by atoms with Crippen molar-refractivity contribution < 1.29 is 18.0 Å². The van der Waals surface area contributed by atoms with Gasteiger partial charge in [0.1, 0.15) is 12.6 Å². The second kappa shape index (κ2) is 13.6. The van der Waals surface area contributed by atoms with E-state index < -0.39 is 28.5 Å². The van der Waals surface area contributed by atoms with Crippen molar-refractivity contribution in [3.05, 3.63) is 101 Å². The number of hydrogen-bond donors (Lipinski definition) is 1. The predicted octanol–water partition coefficient (Wildman–Crippen LogP) is 4.79. The van der Waals surface area contributed by atoms with Crippen LogP contribution in [0.2, 0.25) is 0 Å². The van der Waals surface area contributed by atoms with Gasteiger partial charge in [0.05, 0.1) is 11.9 Å². The summed E-state index contributed by atoms with van der Waals surface area (Å²) in [6.07, 6.45) is 1.40. The average Bonchev–Trinajstić information content (AvgIpc) is 2.88. The van der Waals surface area contributed by atoms with Gasteiger partial charge in [-0.1, -0.05) is 92.2 Å². The molecule has 0 saturated carbocycles. The zero-order valence-corrected chi connectivity index (χ0v) is 25.2. The van der Waals surface area contributed by atoms with E-state index in [1.165, 1.54) is 4.90 Å². The highest BCUT2D eigenvalue weighted by molar-refractivity contribution is 7.92. The molecule has 0 saturated heterocycles. The molecule has 0 spiro atoms. The van der Waals surface area contributed by atoms with Crippen LogP contribution >= 0.6 is 0 Å². The molecule has 1 atom stereocenters. The number of sulfonamides is 1. The molecule has 0 unspecified atom stereocenters.